The molecule has 0 unspecified atom stereocenters. The first kappa shape index (κ1) is 22.3. The predicted octanol–water partition coefficient (Wildman–Crippen LogP) is 5.46. The fourth-order valence-electron chi connectivity index (χ4n) is 3.40. The Labute approximate surface area is 191 Å². The summed E-state index contributed by atoms with van der Waals surface area (Å²) in [6, 6.07) is 14.2. The number of amides is 1. The van der Waals surface area contributed by atoms with Crippen LogP contribution in [0.5, 0.6) is 5.75 Å². The number of hydrogen-bond donors (Lipinski definition) is 2. The van der Waals surface area contributed by atoms with E-state index in [1.807, 2.05) is 30.3 Å². The van der Waals surface area contributed by atoms with Gasteiger partial charge in [0, 0.05) is 29.4 Å². The molecular weight excluding hydrogens is 423 g/mol. The van der Waals surface area contributed by atoms with Crippen LogP contribution >= 0.6 is 0 Å². The Morgan fingerprint density at radius 2 is 1.94 bits per heavy atom. The molecule has 0 fully saturated rings. The molecule has 2 aromatic carbocycles. The molecule has 0 bridgehead atoms. The maximum Gasteiger partial charge on any atom is 0.407 e. The minimum absolute atomic E-state index is 0.0246. The Morgan fingerprint density at radius 3 is 2.67 bits per heavy atom. The molecular formula is C25H25FN4O3. The number of ether oxygens (including phenoxy) is 2. The lowest BCUT2D eigenvalue weighted by molar-refractivity contribution is 0.0523. The zero-order valence-corrected chi connectivity index (χ0v) is 18.9. The van der Waals surface area contributed by atoms with E-state index in [2.05, 4.69) is 20.3 Å². The number of benzene rings is 2. The summed E-state index contributed by atoms with van der Waals surface area (Å²) in [7, 11) is 1.61. The molecule has 4 rings (SSSR count). The molecule has 170 valence electrons. The number of aromatic amines is 1. The molecule has 4 aromatic rings. The molecule has 7 nitrogen and oxygen atoms in total. The van der Waals surface area contributed by atoms with Crippen molar-refractivity contribution in [1.29, 1.82) is 0 Å². The van der Waals surface area contributed by atoms with E-state index in [1.165, 1.54) is 6.07 Å². The number of halogens is 1. The second kappa shape index (κ2) is 8.90. The topological polar surface area (TPSA) is 89.1 Å². The number of methoxy groups -OCH3 is 1. The summed E-state index contributed by atoms with van der Waals surface area (Å²) in [4.78, 5) is 24.1. The highest BCUT2D eigenvalue weighted by Gasteiger charge is 2.17. The number of aromatic nitrogens is 3. The number of rotatable bonds is 5. The summed E-state index contributed by atoms with van der Waals surface area (Å²) in [5, 5.41) is 2.58. The Balaban J connectivity index is 1.60. The van der Waals surface area contributed by atoms with Crippen LogP contribution in [0.4, 0.5) is 9.18 Å². The van der Waals surface area contributed by atoms with Crippen LogP contribution in [0.3, 0.4) is 0 Å². The Kier molecular flexibility index (Phi) is 6.00. The quantitative estimate of drug-likeness (QED) is 0.423. The number of alkyl carbamates (subject to hydrolysis) is 1. The zero-order chi connectivity index (χ0) is 23.6. The summed E-state index contributed by atoms with van der Waals surface area (Å²) in [6.45, 7) is 5.34. The normalized spacial score (nSPS) is 11.4. The summed E-state index contributed by atoms with van der Waals surface area (Å²) >= 11 is 0. The van der Waals surface area contributed by atoms with Crippen molar-refractivity contribution in [2.24, 2.45) is 0 Å². The van der Waals surface area contributed by atoms with Crippen molar-refractivity contribution in [3.05, 3.63) is 66.1 Å². The third kappa shape index (κ3) is 5.11. The van der Waals surface area contributed by atoms with Gasteiger partial charge < -0.3 is 19.8 Å². The minimum atomic E-state index is -0.618. The highest BCUT2D eigenvalue weighted by atomic mass is 19.1. The van der Waals surface area contributed by atoms with Crippen molar-refractivity contribution < 1.29 is 18.7 Å². The predicted molar refractivity (Wildman–Crippen MR) is 124 cm³/mol. The smallest absolute Gasteiger partial charge is 0.407 e. The van der Waals surface area contributed by atoms with Crippen molar-refractivity contribution in [3.8, 4) is 28.3 Å². The van der Waals surface area contributed by atoms with Gasteiger partial charge in [0.25, 0.3) is 0 Å². The van der Waals surface area contributed by atoms with Gasteiger partial charge in [0.2, 0.25) is 0 Å². The summed E-state index contributed by atoms with van der Waals surface area (Å²) in [5.74, 6) is 0.933. The molecule has 0 radical (unpaired) electrons. The number of hydrogen-bond acceptors (Lipinski definition) is 5. The van der Waals surface area contributed by atoms with Gasteiger partial charge in [-0.25, -0.2) is 19.2 Å². The first-order chi connectivity index (χ1) is 15.7. The Morgan fingerprint density at radius 1 is 1.12 bits per heavy atom. The second-order valence-corrected chi connectivity index (χ2v) is 8.54. The van der Waals surface area contributed by atoms with Crippen LogP contribution in [-0.4, -0.2) is 33.8 Å². The van der Waals surface area contributed by atoms with Crippen LogP contribution in [0.2, 0.25) is 0 Å². The van der Waals surface area contributed by atoms with E-state index < -0.39 is 17.5 Å². The van der Waals surface area contributed by atoms with Gasteiger partial charge in [0.15, 0.2) is 5.65 Å². The van der Waals surface area contributed by atoms with Crippen LogP contribution in [0.15, 0.2) is 54.7 Å². The lowest BCUT2D eigenvalue weighted by Crippen LogP contribution is -2.32. The zero-order valence-electron chi connectivity index (χ0n) is 18.9. The number of nitrogens with zero attached hydrogens (tertiary/aromatic N) is 2. The Hall–Kier alpha value is -3.94. The lowest BCUT2D eigenvalue weighted by atomic mass is 10.0. The highest BCUT2D eigenvalue weighted by Crippen LogP contribution is 2.30. The molecule has 0 saturated heterocycles. The number of carbonyl (C=O) groups excluding carboxylic acids is 1. The first-order valence-corrected chi connectivity index (χ1v) is 10.5. The number of H-pyrrole nitrogens is 1. The van der Waals surface area contributed by atoms with E-state index in [9.17, 15) is 9.18 Å². The van der Waals surface area contributed by atoms with Crippen molar-refractivity contribution in [2.75, 3.05) is 7.11 Å². The fourth-order valence-corrected chi connectivity index (χ4v) is 3.40. The molecule has 2 heterocycles. The van der Waals surface area contributed by atoms with Gasteiger partial charge in [-0.3, -0.25) is 0 Å². The van der Waals surface area contributed by atoms with Crippen LogP contribution in [0, 0.1) is 5.82 Å². The average molecular weight is 448 g/mol. The van der Waals surface area contributed by atoms with Crippen molar-refractivity contribution in [1.82, 2.24) is 20.3 Å². The van der Waals surface area contributed by atoms with Gasteiger partial charge in [0.1, 0.15) is 23.0 Å². The Bertz CT molecular complexity index is 1310. The maximum atomic E-state index is 14.8. The van der Waals surface area contributed by atoms with Crippen LogP contribution in [-0.2, 0) is 11.3 Å². The third-order valence-corrected chi connectivity index (χ3v) is 4.92. The molecule has 33 heavy (non-hydrogen) atoms. The standard InChI is InChI=1S/C25H25FN4O3/c1-25(2,3)33-24(31)28-14-17-9-8-15(13-20(17)26)19-10-11-27-23-21(19)29-22(30-23)16-6-5-7-18(12-16)32-4/h5-13H,14H2,1-4H3,(H,28,31)(H,27,29,30). The first-order valence-electron chi connectivity index (χ1n) is 10.5. The highest BCUT2D eigenvalue weighted by molar-refractivity contribution is 5.91. The van der Waals surface area contributed by atoms with Crippen molar-refractivity contribution in [2.45, 2.75) is 32.9 Å². The fraction of sp³-hybridized carbons (Fsp3) is 0.240. The lowest BCUT2D eigenvalue weighted by Gasteiger charge is -2.19. The number of pyridine rings is 1. The molecule has 1 amide bonds. The van der Waals surface area contributed by atoms with Crippen LogP contribution < -0.4 is 10.1 Å². The third-order valence-electron chi connectivity index (χ3n) is 4.92. The molecule has 0 atom stereocenters. The molecule has 2 aromatic heterocycles. The molecule has 0 aliphatic heterocycles. The molecule has 8 heteroatoms. The van der Waals surface area contributed by atoms with Crippen LogP contribution in [0.25, 0.3) is 33.7 Å². The van der Waals surface area contributed by atoms with Crippen LogP contribution in [0.1, 0.15) is 26.3 Å². The van der Waals surface area contributed by atoms with E-state index in [-0.39, 0.29) is 6.54 Å². The van der Waals surface area contributed by atoms with E-state index in [1.54, 1.807) is 46.2 Å². The SMILES string of the molecule is COc1cccc(-c2nc3nccc(-c4ccc(CNC(=O)OC(C)(C)C)c(F)c4)c3[nH]2)c1. The molecule has 0 saturated carbocycles. The van der Waals surface area contributed by atoms with Crippen molar-refractivity contribution in [3.63, 3.8) is 0 Å². The van der Waals surface area contributed by atoms with Gasteiger partial charge in [-0.1, -0.05) is 24.3 Å². The van der Waals surface area contributed by atoms with Crippen molar-refractivity contribution >= 4 is 17.3 Å². The summed E-state index contributed by atoms with van der Waals surface area (Å²) in [6.07, 6.45) is 1.05. The van der Waals surface area contributed by atoms with E-state index in [0.29, 0.717) is 28.1 Å². The van der Waals surface area contributed by atoms with E-state index in [4.69, 9.17) is 9.47 Å². The number of fused-ring (bicyclic) bond motifs is 1. The van der Waals surface area contributed by atoms with E-state index >= 15 is 0 Å². The number of imidazole rings is 1. The summed E-state index contributed by atoms with van der Waals surface area (Å²) in [5.41, 5.74) is 3.27. The van der Waals surface area contributed by atoms with Gasteiger partial charge in [-0.15, -0.1) is 0 Å². The van der Waals surface area contributed by atoms with Gasteiger partial charge in [0.05, 0.1) is 12.6 Å². The second-order valence-electron chi connectivity index (χ2n) is 8.54. The minimum Gasteiger partial charge on any atom is -0.497 e. The molecule has 0 aliphatic carbocycles. The molecule has 0 spiro atoms. The maximum absolute atomic E-state index is 14.8. The number of nitrogens with one attached hydrogen (secondary N) is 2. The molecule has 0 aliphatic rings. The number of carbonyl (C=O) groups is 1. The van der Waals surface area contributed by atoms with E-state index in [0.717, 1.165) is 16.9 Å². The largest absolute Gasteiger partial charge is 0.497 e. The average Bonchev–Trinajstić information content (AvgIpc) is 3.21. The monoisotopic (exact) mass is 448 g/mol. The van der Waals surface area contributed by atoms with Gasteiger partial charge in [-0.05, 0) is 50.6 Å². The molecule has 2 N–H and O–H groups in total. The van der Waals surface area contributed by atoms with Gasteiger partial charge >= 0.3 is 6.09 Å². The van der Waals surface area contributed by atoms with Gasteiger partial charge in [-0.2, -0.15) is 0 Å². The summed E-state index contributed by atoms with van der Waals surface area (Å²) < 4.78 is 25.3.